The van der Waals surface area contributed by atoms with Gasteiger partial charge in [-0.2, -0.15) is 23.8 Å². The minimum atomic E-state index is 0. The fourth-order valence-electron chi connectivity index (χ4n) is 9.97. The van der Waals surface area contributed by atoms with Crippen LogP contribution in [0.25, 0.3) is 76.5 Å². The zero-order chi connectivity index (χ0) is 42.0. The summed E-state index contributed by atoms with van der Waals surface area (Å²) in [5.41, 5.74) is 14.8. The normalized spacial score (nSPS) is 12.1. The molecule has 0 saturated heterocycles. The van der Waals surface area contributed by atoms with Crippen LogP contribution in [0.15, 0.2) is 203 Å². The Morgan fingerprint density at radius 2 is 1.03 bits per heavy atom. The molecular weight excluding hydrogens is 1000 g/mol. The van der Waals surface area contributed by atoms with Gasteiger partial charge in [0.15, 0.2) is 5.58 Å². The van der Waals surface area contributed by atoms with Crippen molar-refractivity contribution in [2.45, 2.75) is 26.2 Å². The van der Waals surface area contributed by atoms with Crippen molar-refractivity contribution in [2.24, 2.45) is 0 Å². The Kier molecular flexibility index (Phi) is 10.2. The summed E-state index contributed by atoms with van der Waals surface area (Å²) in [5, 5.41) is 8.96. The molecule has 0 aliphatic heterocycles. The van der Waals surface area contributed by atoms with Gasteiger partial charge >= 0.3 is 31.1 Å². The van der Waals surface area contributed by atoms with Crippen LogP contribution >= 0.6 is 0 Å². The van der Waals surface area contributed by atoms with E-state index in [-0.39, 0.29) is 37.0 Å². The standard InChI is InChI=1S/C60H41NO2.U/c1-38-17-3-6-21-43(38)52(36-41-20-15-27-50-48-25-10-13-31-57(48)62-59(41)50)53-37-42(35-40-19-5-7-22-44(40)53)45-33-34-55(47-24-9-8-23-46(45)47)61(54-29-12-4-18-39(54)2)56-30-16-28-51-49-26-11-14-32-58(49)63-60(51)56;/h3-32,34,37,52H,36H2,1-2H3;/q-2;+2. The van der Waals surface area contributed by atoms with Crippen LogP contribution in [-0.2, 0) is 6.42 Å². The molecule has 0 fully saturated rings. The number of aryl methyl sites for hydroxylation is 2. The molecule has 10 aromatic carbocycles. The van der Waals surface area contributed by atoms with Gasteiger partial charge in [0.2, 0.25) is 0 Å². The van der Waals surface area contributed by atoms with Gasteiger partial charge in [0.05, 0.1) is 5.69 Å². The van der Waals surface area contributed by atoms with E-state index in [0.717, 1.165) is 100 Å². The number of rotatable bonds is 8. The van der Waals surface area contributed by atoms with E-state index >= 15 is 0 Å². The summed E-state index contributed by atoms with van der Waals surface area (Å²) >= 11 is 0. The van der Waals surface area contributed by atoms with Crippen molar-refractivity contribution < 1.29 is 39.9 Å². The van der Waals surface area contributed by atoms with Crippen LogP contribution in [-0.4, -0.2) is 0 Å². The average Bonchev–Trinajstić information content (AvgIpc) is 3.91. The van der Waals surface area contributed by atoms with Gasteiger partial charge in [-0.15, -0.1) is 34.5 Å². The van der Waals surface area contributed by atoms with Crippen LogP contribution in [0.3, 0.4) is 0 Å². The molecule has 1 unspecified atom stereocenters. The maximum atomic E-state index is 6.69. The molecule has 12 aromatic rings. The molecule has 0 spiro atoms. The third-order valence-electron chi connectivity index (χ3n) is 13.0. The number of fused-ring (bicyclic) bond motifs is 8. The first-order valence-electron chi connectivity index (χ1n) is 21.7. The van der Waals surface area contributed by atoms with Gasteiger partial charge < -0.3 is 13.7 Å². The summed E-state index contributed by atoms with van der Waals surface area (Å²) in [6.45, 7) is 4.40. The average molecular weight is 1050 g/mol. The molecule has 2 aromatic heterocycles. The predicted octanol–water partition coefficient (Wildman–Crippen LogP) is 16.5. The fourth-order valence-corrected chi connectivity index (χ4v) is 9.97. The Hall–Kier alpha value is -6.83. The van der Waals surface area contributed by atoms with E-state index in [2.05, 4.69) is 207 Å². The van der Waals surface area contributed by atoms with Gasteiger partial charge in [-0.25, -0.2) is 5.56 Å². The molecule has 1 atom stereocenters. The number of hydrogen-bond acceptors (Lipinski definition) is 3. The van der Waals surface area contributed by atoms with Crippen LogP contribution in [0.5, 0.6) is 0 Å². The molecule has 3 nitrogen and oxygen atoms in total. The molecule has 0 aliphatic carbocycles. The summed E-state index contributed by atoms with van der Waals surface area (Å²) < 4.78 is 13.3. The zero-order valence-electron chi connectivity index (χ0n) is 35.5. The minimum Gasteiger partial charge on any atom is -0.456 e. The van der Waals surface area contributed by atoms with E-state index in [9.17, 15) is 0 Å². The second-order valence-electron chi connectivity index (χ2n) is 16.7. The third-order valence-corrected chi connectivity index (χ3v) is 13.0. The molecule has 302 valence electrons. The van der Waals surface area contributed by atoms with E-state index in [4.69, 9.17) is 8.83 Å². The molecule has 12 rings (SSSR count). The summed E-state index contributed by atoms with van der Waals surface area (Å²) in [7, 11) is 0. The molecule has 4 heteroatoms. The Balaban J connectivity index is 0.00000456. The monoisotopic (exact) mass is 1050 g/mol. The first-order valence-corrected chi connectivity index (χ1v) is 21.7. The van der Waals surface area contributed by atoms with Crippen molar-refractivity contribution in [1.82, 2.24) is 0 Å². The van der Waals surface area contributed by atoms with Crippen LogP contribution in [0.2, 0.25) is 0 Å². The number of furan rings is 2. The molecule has 0 radical (unpaired) electrons. The van der Waals surface area contributed by atoms with Crippen LogP contribution in [0.4, 0.5) is 17.1 Å². The van der Waals surface area contributed by atoms with Crippen LogP contribution in [0, 0.1) is 57.1 Å². The van der Waals surface area contributed by atoms with Gasteiger partial charge in [0.25, 0.3) is 0 Å². The quantitative estimate of drug-likeness (QED) is 0.142. The minimum absolute atomic E-state index is 0. The maximum Gasteiger partial charge on any atom is 2.00 e. The Morgan fingerprint density at radius 3 is 1.78 bits per heavy atom. The van der Waals surface area contributed by atoms with E-state index < -0.39 is 0 Å². The molecule has 64 heavy (non-hydrogen) atoms. The molecule has 0 amide bonds. The first-order chi connectivity index (χ1) is 31.1. The Morgan fingerprint density at radius 1 is 0.469 bits per heavy atom. The molecule has 0 saturated carbocycles. The molecule has 0 aliphatic rings. The molecule has 0 N–H and O–H groups in total. The number of hydrogen-bond donors (Lipinski definition) is 0. The van der Waals surface area contributed by atoms with Crippen molar-refractivity contribution in [1.29, 1.82) is 0 Å². The summed E-state index contributed by atoms with van der Waals surface area (Å²) in [5.74, 6) is 0.0228. The predicted molar refractivity (Wildman–Crippen MR) is 262 cm³/mol. The second-order valence-corrected chi connectivity index (χ2v) is 16.7. The Labute approximate surface area is 395 Å². The van der Waals surface area contributed by atoms with Crippen molar-refractivity contribution >= 4 is 82.5 Å². The summed E-state index contributed by atoms with van der Waals surface area (Å²) in [6.07, 6.45) is 0.761. The van der Waals surface area contributed by atoms with E-state index in [1.165, 1.54) is 27.6 Å². The van der Waals surface area contributed by atoms with Gasteiger partial charge in [0, 0.05) is 27.2 Å². The summed E-state index contributed by atoms with van der Waals surface area (Å²) in [4.78, 5) is 2.35. The van der Waals surface area contributed by atoms with Gasteiger partial charge in [-0.3, -0.25) is 0 Å². The number of para-hydroxylation sites is 5. The maximum absolute atomic E-state index is 6.69. The van der Waals surface area contributed by atoms with Crippen molar-refractivity contribution in [3.8, 4) is 11.1 Å². The number of nitrogens with zero attached hydrogens (tertiary/aromatic N) is 1. The fraction of sp³-hybridized carbons (Fsp3) is 0.0667. The van der Waals surface area contributed by atoms with E-state index in [1.807, 2.05) is 18.2 Å². The SMILES string of the molecule is Cc1ccccc1C(Cc1cccc2c1oc1ccccc12)c1cc(-c2[c-]cc(N(c3ccccc3C)c3cccc4c3oc3ccccc34)c3ccccc23)[c-]c2ccccc12.[U+2]. The van der Waals surface area contributed by atoms with Crippen LogP contribution in [0.1, 0.15) is 33.7 Å². The van der Waals surface area contributed by atoms with Gasteiger partial charge in [-0.1, -0.05) is 156 Å². The molecule has 0 bridgehead atoms. The molecule has 2 heterocycles. The van der Waals surface area contributed by atoms with E-state index in [1.54, 1.807) is 0 Å². The van der Waals surface area contributed by atoms with Gasteiger partial charge in [-0.05, 0) is 78.4 Å². The van der Waals surface area contributed by atoms with Crippen molar-refractivity contribution in [3.63, 3.8) is 0 Å². The third kappa shape index (κ3) is 6.64. The smallest absolute Gasteiger partial charge is 0.456 e. The number of benzene rings is 10. The first kappa shape index (κ1) is 40.0. The Bertz CT molecular complexity index is 3730. The van der Waals surface area contributed by atoms with Crippen molar-refractivity contribution in [3.05, 3.63) is 234 Å². The van der Waals surface area contributed by atoms with Gasteiger partial charge in [0.1, 0.15) is 16.7 Å². The molecular formula is C60H41NO2U. The second kappa shape index (κ2) is 16.4. The zero-order valence-corrected chi connectivity index (χ0v) is 39.7. The largest absolute Gasteiger partial charge is 2.00 e. The van der Waals surface area contributed by atoms with Crippen LogP contribution < -0.4 is 4.90 Å². The number of anilines is 3. The topological polar surface area (TPSA) is 29.5 Å². The van der Waals surface area contributed by atoms with Crippen molar-refractivity contribution in [2.75, 3.05) is 4.90 Å². The summed E-state index contributed by atoms with van der Waals surface area (Å²) in [6, 6.07) is 76.8. The van der Waals surface area contributed by atoms with E-state index in [0.29, 0.717) is 0 Å².